The van der Waals surface area contributed by atoms with Crippen LogP contribution in [0.15, 0.2) is 15.5 Å². The summed E-state index contributed by atoms with van der Waals surface area (Å²) in [5.74, 6) is 0.898. The first-order chi connectivity index (χ1) is 8.61. The molecule has 18 heavy (non-hydrogen) atoms. The topological polar surface area (TPSA) is 81.3 Å². The monoisotopic (exact) mass is 311 g/mol. The van der Waals surface area contributed by atoms with Gasteiger partial charge in [-0.05, 0) is 55.0 Å². The van der Waals surface area contributed by atoms with Gasteiger partial charge in [-0.25, -0.2) is 4.99 Å². The SMILES string of the molecule is CN1CCC(c2cc(Br)c(/C(N)=N\C=N)[nH]2)CC1. The van der Waals surface area contributed by atoms with Crippen LogP contribution in [-0.4, -0.2) is 42.2 Å². The van der Waals surface area contributed by atoms with Crippen LogP contribution < -0.4 is 5.73 Å². The fourth-order valence-corrected chi connectivity index (χ4v) is 2.86. The third-order valence-electron chi connectivity index (χ3n) is 3.41. The molecule has 0 atom stereocenters. The summed E-state index contributed by atoms with van der Waals surface area (Å²) in [7, 11) is 2.15. The molecule has 0 radical (unpaired) electrons. The second-order valence-electron chi connectivity index (χ2n) is 4.67. The zero-order valence-corrected chi connectivity index (χ0v) is 12.0. The van der Waals surface area contributed by atoms with E-state index in [-0.39, 0.29) is 0 Å². The molecule has 1 aliphatic rings. The maximum atomic E-state index is 6.95. The van der Waals surface area contributed by atoms with Gasteiger partial charge in [0.05, 0.1) is 5.69 Å². The van der Waals surface area contributed by atoms with Gasteiger partial charge in [0.2, 0.25) is 0 Å². The molecule has 1 aromatic rings. The first-order valence-corrected chi connectivity index (χ1v) is 6.80. The van der Waals surface area contributed by atoms with Gasteiger partial charge in [0.15, 0.2) is 0 Å². The number of aromatic nitrogens is 1. The summed E-state index contributed by atoms with van der Waals surface area (Å²) in [4.78, 5) is 9.47. The van der Waals surface area contributed by atoms with E-state index in [1.54, 1.807) is 0 Å². The number of amidine groups is 1. The molecule has 98 valence electrons. The Morgan fingerprint density at radius 3 is 2.89 bits per heavy atom. The van der Waals surface area contributed by atoms with E-state index in [1.165, 1.54) is 5.69 Å². The third-order valence-corrected chi connectivity index (χ3v) is 4.03. The van der Waals surface area contributed by atoms with Gasteiger partial charge < -0.3 is 15.6 Å². The largest absolute Gasteiger partial charge is 0.382 e. The van der Waals surface area contributed by atoms with Gasteiger partial charge >= 0.3 is 0 Å². The van der Waals surface area contributed by atoms with Crippen LogP contribution in [0.3, 0.4) is 0 Å². The molecule has 1 aromatic heterocycles. The first-order valence-electron chi connectivity index (χ1n) is 6.01. The van der Waals surface area contributed by atoms with Crippen LogP contribution in [0.4, 0.5) is 0 Å². The van der Waals surface area contributed by atoms with Crippen molar-refractivity contribution in [1.29, 1.82) is 5.41 Å². The molecule has 0 aliphatic carbocycles. The molecular weight excluding hydrogens is 294 g/mol. The third kappa shape index (κ3) is 2.81. The molecule has 2 heterocycles. The summed E-state index contributed by atoms with van der Waals surface area (Å²) in [5, 5.41) is 6.95. The van der Waals surface area contributed by atoms with Gasteiger partial charge in [-0.3, -0.25) is 5.41 Å². The molecule has 0 spiro atoms. The van der Waals surface area contributed by atoms with E-state index in [0.717, 1.165) is 42.4 Å². The number of rotatable bonds is 3. The number of hydrogen-bond acceptors (Lipinski definition) is 2. The number of halogens is 1. The van der Waals surface area contributed by atoms with E-state index in [9.17, 15) is 0 Å². The molecule has 1 saturated heterocycles. The number of nitrogens with zero attached hydrogens (tertiary/aromatic N) is 2. The van der Waals surface area contributed by atoms with Crippen molar-refractivity contribution in [1.82, 2.24) is 9.88 Å². The number of H-pyrrole nitrogens is 1. The maximum Gasteiger partial charge on any atom is 0.150 e. The van der Waals surface area contributed by atoms with Crippen molar-refractivity contribution in [2.24, 2.45) is 10.7 Å². The molecule has 1 fully saturated rings. The van der Waals surface area contributed by atoms with Gasteiger partial charge in [0.1, 0.15) is 12.2 Å². The van der Waals surface area contributed by atoms with E-state index >= 15 is 0 Å². The first kappa shape index (κ1) is 13.3. The highest BCUT2D eigenvalue weighted by atomic mass is 79.9. The zero-order chi connectivity index (χ0) is 13.1. The van der Waals surface area contributed by atoms with Crippen LogP contribution in [-0.2, 0) is 0 Å². The predicted molar refractivity (Wildman–Crippen MR) is 77.5 cm³/mol. The lowest BCUT2D eigenvalue weighted by atomic mass is 9.94. The molecule has 5 nitrogen and oxygen atoms in total. The lowest BCUT2D eigenvalue weighted by Gasteiger charge is -2.28. The van der Waals surface area contributed by atoms with Gasteiger partial charge in [0.25, 0.3) is 0 Å². The van der Waals surface area contributed by atoms with Crippen molar-refractivity contribution in [3.05, 3.63) is 21.9 Å². The Morgan fingerprint density at radius 1 is 1.61 bits per heavy atom. The van der Waals surface area contributed by atoms with Crippen LogP contribution >= 0.6 is 15.9 Å². The van der Waals surface area contributed by atoms with E-state index < -0.39 is 0 Å². The smallest absolute Gasteiger partial charge is 0.150 e. The number of piperidine rings is 1. The second-order valence-corrected chi connectivity index (χ2v) is 5.52. The molecular formula is C12H18BrN5. The van der Waals surface area contributed by atoms with Crippen LogP contribution in [0.5, 0.6) is 0 Å². The Kier molecular flexibility index (Phi) is 4.19. The summed E-state index contributed by atoms with van der Waals surface area (Å²) in [5.41, 5.74) is 7.77. The molecule has 0 unspecified atom stereocenters. The van der Waals surface area contributed by atoms with Crippen molar-refractivity contribution < 1.29 is 0 Å². The lowest BCUT2D eigenvalue weighted by Crippen LogP contribution is -2.29. The minimum atomic E-state index is 0.344. The van der Waals surface area contributed by atoms with Gasteiger partial charge in [-0.2, -0.15) is 0 Å². The number of nitrogens with two attached hydrogens (primary N) is 1. The molecule has 4 N–H and O–H groups in total. The normalized spacial score (nSPS) is 19.1. The van der Waals surface area contributed by atoms with Gasteiger partial charge in [-0.1, -0.05) is 0 Å². The Balaban J connectivity index is 2.18. The maximum absolute atomic E-state index is 6.95. The standard InChI is InChI=1S/C12H18BrN5/c1-18-4-2-8(3-5-18)10-6-9(13)11(17-10)12(15)16-7-14/h6-8,17H,2-5H2,1H3,(H3,14,15,16). The number of hydrogen-bond donors (Lipinski definition) is 3. The molecule has 1 aliphatic heterocycles. The van der Waals surface area contributed by atoms with Crippen LogP contribution in [0, 0.1) is 5.41 Å². The molecule has 6 heteroatoms. The predicted octanol–water partition coefficient (Wildman–Crippen LogP) is 1.90. The minimum Gasteiger partial charge on any atom is -0.382 e. The average Bonchev–Trinajstić information content (AvgIpc) is 2.72. The molecule has 0 aromatic carbocycles. The Labute approximate surface area is 115 Å². The summed E-state index contributed by atoms with van der Waals surface area (Å²) in [6.45, 7) is 2.25. The van der Waals surface area contributed by atoms with Crippen molar-refractivity contribution in [2.75, 3.05) is 20.1 Å². The van der Waals surface area contributed by atoms with Crippen molar-refractivity contribution in [2.45, 2.75) is 18.8 Å². The quantitative estimate of drug-likeness (QED) is 0.588. The highest BCUT2D eigenvalue weighted by molar-refractivity contribution is 9.10. The fraction of sp³-hybridized carbons (Fsp3) is 0.500. The van der Waals surface area contributed by atoms with Crippen LogP contribution in [0.25, 0.3) is 0 Å². The molecule has 0 amide bonds. The van der Waals surface area contributed by atoms with Crippen LogP contribution in [0.2, 0.25) is 0 Å². The highest BCUT2D eigenvalue weighted by Crippen LogP contribution is 2.30. The lowest BCUT2D eigenvalue weighted by molar-refractivity contribution is 0.253. The average molecular weight is 312 g/mol. The minimum absolute atomic E-state index is 0.344. The van der Waals surface area contributed by atoms with E-state index in [4.69, 9.17) is 11.1 Å². The summed E-state index contributed by atoms with van der Waals surface area (Å²) >= 11 is 3.49. The second kappa shape index (κ2) is 5.67. The molecule has 0 bridgehead atoms. The van der Waals surface area contributed by atoms with Crippen LogP contribution in [0.1, 0.15) is 30.1 Å². The van der Waals surface area contributed by atoms with Gasteiger partial charge in [0, 0.05) is 16.1 Å². The van der Waals surface area contributed by atoms with E-state index in [2.05, 4.69) is 43.9 Å². The number of aliphatic imine (C=N–C) groups is 1. The van der Waals surface area contributed by atoms with Crippen molar-refractivity contribution >= 4 is 28.1 Å². The fourth-order valence-electron chi connectivity index (χ4n) is 2.31. The highest BCUT2D eigenvalue weighted by Gasteiger charge is 2.21. The Bertz CT molecular complexity index is 457. The Hall–Kier alpha value is -1.14. The summed E-state index contributed by atoms with van der Waals surface area (Å²) < 4.78 is 0.916. The number of nitrogens with one attached hydrogen (secondary N) is 2. The van der Waals surface area contributed by atoms with Gasteiger partial charge in [-0.15, -0.1) is 0 Å². The summed E-state index contributed by atoms with van der Waals surface area (Å²) in [6.07, 6.45) is 3.27. The van der Waals surface area contributed by atoms with Crippen molar-refractivity contribution in [3.63, 3.8) is 0 Å². The summed E-state index contributed by atoms with van der Waals surface area (Å²) in [6, 6.07) is 2.08. The Morgan fingerprint density at radius 2 is 2.28 bits per heavy atom. The number of likely N-dealkylation sites (tertiary alicyclic amines) is 1. The molecule has 0 saturated carbocycles. The molecule has 2 rings (SSSR count). The zero-order valence-electron chi connectivity index (χ0n) is 10.4. The van der Waals surface area contributed by atoms with E-state index in [0.29, 0.717) is 11.8 Å². The number of aromatic amines is 1. The van der Waals surface area contributed by atoms with E-state index in [1.807, 2.05) is 0 Å². The van der Waals surface area contributed by atoms with Crippen molar-refractivity contribution in [3.8, 4) is 0 Å².